The van der Waals surface area contributed by atoms with Gasteiger partial charge in [0.2, 0.25) is 0 Å². The summed E-state index contributed by atoms with van der Waals surface area (Å²) in [5.41, 5.74) is 2.90. The van der Waals surface area contributed by atoms with Gasteiger partial charge in [-0.3, -0.25) is 9.67 Å². The Morgan fingerprint density at radius 3 is 2.94 bits per heavy atom. The van der Waals surface area contributed by atoms with Crippen LogP contribution >= 0.6 is 0 Å². The summed E-state index contributed by atoms with van der Waals surface area (Å²) in [5.74, 6) is 0. The van der Waals surface area contributed by atoms with E-state index in [2.05, 4.69) is 32.7 Å². The zero-order chi connectivity index (χ0) is 12.4. The molecule has 0 bridgehead atoms. The summed E-state index contributed by atoms with van der Waals surface area (Å²) in [5, 5.41) is 12.4. The normalized spacial score (nSPS) is 10.7. The van der Waals surface area contributed by atoms with Crippen LogP contribution in [-0.2, 0) is 13.6 Å². The minimum atomic E-state index is 0.642. The van der Waals surface area contributed by atoms with Crippen molar-refractivity contribution in [1.29, 1.82) is 0 Å². The molecule has 0 aliphatic rings. The lowest BCUT2D eigenvalue weighted by Crippen LogP contribution is -2.00. The Hall–Kier alpha value is -2.43. The van der Waals surface area contributed by atoms with Crippen LogP contribution in [0.15, 0.2) is 42.7 Å². The topological polar surface area (TPSA) is 55.6 Å². The predicted molar refractivity (Wildman–Crippen MR) is 70.1 cm³/mol. The first-order valence-corrected chi connectivity index (χ1v) is 5.76. The molecule has 0 amide bonds. The number of benzene rings is 1. The van der Waals surface area contributed by atoms with E-state index in [0.717, 1.165) is 22.3 Å². The van der Waals surface area contributed by atoms with E-state index in [9.17, 15) is 0 Å². The van der Waals surface area contributed by atoms with Crippen LogP contribution in [0.3, 0.4) is 0 Å². The first-order chi connectivity index (χ1) is 8.83. The number of aryl methyl sites for hydroxylation is 1. The van der Waals surface area contributed by atoms with Crippen molar-refractivity contribution in [3.8, 4) is 0 Å². The second-order valence-corrected chi connectivity index (χ2v) is 4.12. The molecule has 0 aliphatic carbocycles. The molecule has 3 aromatic rings. The van der Waals surface area contributed by atoms with Crippen molar-refractivity contribution in [2.45, 2.75) is 6.54 Å². The third kappa shape index (κ3) is 2.02. The molecule has 0 atom stereocenters. The zero-order valence-electron chi connectivity index (χ0n) is 10.0. The number of pyridine rings is 1. The maximum atomic E-state index is 4.39. The number of hydrogen-bond donors (Lipinski definition) is 1. The summed E-state index contributed by atoms with van der Waals surface area (Å²) in [6.07, 6.45) is 3.70. The van der Waals surface area contributed by atoms with Crippen molar-refractivity contribution in [1.82, 2.24) is 20.0 Å². The fourth-order valence-corrected chi connectivity index (χ4v) is 1.91. The number of nitrogens with one attached hydrogen (secondary N) is 1. The lowest BCUT2D eigenvalue weighted by atomic mass is 10.2. The van der Waals surface area contributed by atoms with Crippen molar-refractivity contribution in [2.75, 3.05) is 5.32 Å². The van der Waals surface area contributed by atoms with Gasteiger partial charge < -0.3 is 5.32 Å². The molecule has 2 heterocycles. The second-order valence-electron chi connectivity index (χ2n) is 4.12. The number of para-hydroxylation sites is 1. The summed E-state index contributed by atoms with van der Waals surface area (Å²) in [6, 6.07) is 10.1. The third-order valence-corrected chi connectivity index (χ3v) is 2.74. The van der Waals surface area contributed by atoms with Crippen LogP contribution in [0, 0.1) is 0 Å². The zero-order valence-corrected chi connectivity index (χ0v) is 10.0. The highest BCUT2D eigenvalue weighted by molar-refractivity contribution is 5.90. The number of aromatic nitrogens is 4. The summed E-state index contributed by atoms with van der Waals surface area (Å²) in [7, 11) is 1.86. The van der Waals surface area contributed by atoms with Gasteiger partial charge in [0.05, 0.1) is 17.7 Å². The van der Waals surface area contributed by atoms with Gasteiger partial charge in [-0.1, -0.05) is 23.4 Å². The molecule has 0 fully saturated rings. The van der Waals surface area contributed by atoms with Crippen LogP contribution in [-0.4, -0.2) is 20.0 Å². The van der Waals surface area contributed by atoms with Gasteiger partial charge in [-0.05, 0) is 12.1 Å². The average molecular weight is 239 g/mol. The van der Waals surface area contributed by atoms with E-state index >= 15 is 0 Å². The van der Waals surface area contributed by atoms with Gasteiger partial charge in [0, 0.05) is 24.8 Å². The number of anilines is 1. The Balaban J connectivity index is 1.86. The van der Waals surface area contributed by atoms with E-state index in [0.29, 0.717) is 6.54 Å². The Morgan fingerprint density at radius 2 is 2.11 bits per heavy atom. The number of hydrogen-bond acceptors (Lipinski definition) is 4. The molecule has 0 saturated carbocycles. The molecule has 90 valence electrons. The van der Waals surface area contributed by atoms with Crippen LogP contribution in [0.4, 0.5) is 5.69 Å². The van der Waals surface area contributed by atoms with Gasteiger partial charge >= 0.3 is 0 Å². The minimum absolute atomic E-state index is 0.642. The highest BCUT2D eigenvalue weighted by Gasteiger charge is 2.02. The molecule has 3 rings (SSSR count). The van der Waals surface area contributed by atoms with Crippen molar-refractivity contribution in [3.63, 3.8) is 0 Å². The molecular weight excluding hydrogens is 226 g/mol. The highest BCUT2D eigenvalue weighted by Crippen LogP contribution is 2.20. The highest BCUT2D eigenvalue weighted by atomic mass is 15.4. The van der Waals surface area contributed by atoms with Crippen LogP contribution in [0.2, 0.25) is 0 Å². The lowest BCUT2D eigenvalue weighted by molar-refractivity contribution is 0.713. The van der Waals surface area contributed by atoms with Crippen LogP contribution in [0.25, 0.3) is 10.9 Å². The fourth-order valence-electron chi connectivity index (χ4n) is 1.91. The minimum Gasteiger partial charge on any atom is -0.377 e. The van der Waals surface area contributed by atoms with Gasteiger partial charge in [0.15, 0.2) is 0 Å². The van der Waals surface area contributed by atoms with Crippen molar-refractivity contribution >= 4 is 16.6 Å². The van der Waals surface area contributed by atoms with Crippen LogP contribution in [0.1, 0.15) is 5.69 Å². The number of nitrogens with zero attached hydrogens (tertiary/aromatic N) is 4. The van der Waals surface area contributed by atoms with E-state index in [1.807, 2.05) is 31.4 Å². The van der Waals surface area contributed by atoms with Crippen LogP contribution < -0.4 is 5.32 Å². The Labute approximate surface area is 104 Å². The molecule has 0 aliphatic heterocycles. The van der Waals surface area contributed by atoms with E-state index in [1.165, 1.54) is 0 Å². The van der Waals surface area contributed by atoms with E-state index in [-0.39, 0.29) is 0 Å². The molecule has 0 unspecified atom stereocenters. The quantitative estimate of drug-likeness (QED) is 0.759. The van der Waals surface area contributed by atoms with E-state index < -0.39 is 0 Å². The van der Waals surface area contributed by atoms with E-state index in [4.69, 9.17) is 0 Å². The van der Waals surface area contributed by atoms with Crippen molar-refractivity contribution < 1.29 is 0 Å². The standard InChI is InChI=1S/C13H13N5/c1-18-9-11(16-17-18)8-15-12-6-2-4-10-5-3-7-14-13(10)12/h2-7,9,15H,8H2,1H3. The number of rotatable bonds is 3. The third-order valence-electron chi connectivity index (χ3n) is 2.74. The molecule has 5 nitrogen and oxygen atoms in total. The fraction of sp³-hybridized carbons (Fsp3) is 0.154. The average Bonchev–Trinajstić information content (AvgIpc) is 2.82. The van der Waals surface area contributed by atoms with Gasteiger partial charge in [0.25, 0.3) is 0 Å². The van der Waals surface area contributed by atoms with Crippen LogP contribution in [0.5, 0.6) is 0 Å². The Bertz CT molecular complexity index is 668. The SMILES string of the molecule is Cn1cc(CNc2cccc3cccnc23)nn1. The molecular formula is C13H13N5. The van der Waals surface area contributed by atoms with Gasteiger partial charge in [0.1, 0.15) is 5.69 Å². The maximum Gasteiger partial charge on any atom is 0.102 e. The molecule has 18 heavy (non-hydrogen) atoms. The molecule has 1 aromatic carbocycles. The summed E-state index contributed by atoms with van der Waals surface area (Å²) >= 11 is 0. The van der Waals surface area contributed by atoms with Gasteiger partial charge in [-0.2, -0.15) is 0 Å². The Kier molecular flexibility index (Phi) is 2.64. The maximum absolute atomic E-state index is 4.39. The molecule has 0 saturated heterocycles. The molecule has 1 N–H and O–H groups in total. The number of fused-ring (bicyclic) bond motifs is 1. The monoisotopic (exact) mass is 239 g/mol. The first-order valence-electron chi connectivity index (χ1n) is 5.76. The van der Waals surface area contributed by atoms with Gasteiger partial charge in [-0.15, -0.1) is 5.10 Å². The summed E-state index contributed by atoms with van der Waals surface area (Å²) in [6.45, 7) is 0.642. The van der Waals surface area contributed by atoms with Crippen molar-refractivity contribution in [2.24, 2.45) is 7.05 Å². The molecule has 0 radical (unpaired) electrons. The predicted octanol–water partition coefficient (Wildman–Crippen LogP) is 1.98. The first kappa shape index (κ1) is 10.7. The lowest BCUT2D eigenvalue weighted by Gasteiger charge is -2.07. The van der Waals surface area contributed by atoms with E-state index in [1.54, 1.807) is 10.9 Å². The summed E-state index contributed by atoms with van der Waals surface area (Å²) in [4.78, 5) is 4.39. The molecule has 0 spiro atoms. The molecule has 2 aromatic heterocycles. The van der Waals surface area contributed by atoms with Gasteiger partial charge in [-0.25, -0.2) is 0 Å². The second kappa shape index (κ2) is 4.44. The Morgan fingerprint density at radius 1 is 1.22 bits per heavy atom. The smallest absolute Gasteiger partial charge is 0.102 e. The summed E-state index contributed by atoms with van der Waals surface area (Å²) < 4.78 is 1.69. The van der Waals surface area contributed by atoms with Crippen molar-refractivity contribution in [3.05, 3.63) is 48.4 Å². The largest absolute Gasteiger partial charge is 0.377 e. The molecule has 5 heteroatoms.